The van der Waals surface area contributed by atoms with E-state index in [1.807, 2.05) is 20.8 Å². The quantitative estimate of drug-likeness (QED) is 0.609. The Morgan fingerprint density at radius 2 is 2.04 bits per heavy atom. The number of rotatable bonds is 2. The molecule has 1 aromatic rings. The molecule has 2 aliphatic heterocycles. The summed E-state index contributed by atoms with van der Waals surface area (Å²) in [5.74, 6) is 0.744. The first-order chi connectivity index (χ1) is 11.2. The molecule has 2 saturated heterocycles. The molecule has 0 radical (unpaired) electrons. The third-order valence-corrected chi connectivity index (χ3v) is 4.41. The molecule has 1 amide bonds. The molecule has 130 valence electrons. The molecule has 0 aromatic carbocycles. The third-order valence-electron chi connectivity index (χ3n) is 4.41. The number of hydrogen-bond acceptors (Lipinski definition) is 6. The van der Waals surface area contributed by atoms with E-state index in [0.717, 1.165) is 25.3 Å². The number of pyridine rings is 1. The monoisotopic (exact) mass is 334 g/mol. The number of anilines is 1. The van der Waals surface area contributed by atoms with Crippen molar-refractivity contribution >= 4 is 17.6 Å². The van der Waals surface area contributed by atoms with Crippen LogP contribution in [0.4, 0.5) is 16.3 Å². The van der Waals surface area contributed by atoms with Gasteiger partial charge in [-0.3, -0.25) is 10.1 Å². The summed E-state index contributed by atoms with van der Waals surface area (Å²) in [6.07, 6.45) is 2.00. The molecular formula is C16H22N4O4. The largest absolute Gasteiger partial charge is 0.444 e. The molecule has 0 bridgehead atoms. The molecule has 3 rings (SSSR count). The van der Waals surface area contributed by atoms with E-state index in [1.54, 1.807) is 11.0 Å². The van der Waals surface area contributed by atoms with E-state index < -0.39 is 10.5 Å². The van der Waals surface area contributed by atoms with E-state index in [-0.39, 0.29) is 17.2 Å². The number of amides is 1. The number of ether oxygens (including phenoxy) is 1. The summed E-state index contributed by atoms with van der Waals surface area (Å²) in [7, 11) is 0. The Morgan fingerprint density at radius 3 is 2.58 bits per heavy atom. The first kappa shape index (κ1) is 16.5. The Hall–Kier alpha value is -2.38. The van der Waals surface area contributed by atoms with E-state index in [1.165, 1.54) is 12.3 Å². The fraction of sp³-hybridized carbons (Fsp3) is 0.625. The summed E-state index contributed by atoms with van der Waals surface area (Å²) in [6, 6.07) is 3.16. The molecule has 1 aromatic heterocycles. The van der Waals surface area contributed by atoms with Gasteiger partial charge in [0, 0.05) is 37.7 Å². The van der Waals surface area contributed by atoms with Gasteiger partial charge in [0.1, 0.15) is 17.6 Å². The van der Waals surface area contributed by atoms with Crippen LogP contribution in [0.15, 0.2) is 18.3 Å². The average Bonchev–Trinajstić information content (AvgIpc) is 2.89. The molecule has 0 saturated carbocycles. The van der Waals surface area contributed by atoms with Crippen LogP contribution in [-0.2, 0) is 4.74 Å². The van der Waals surface area contributed by atoms with E-state index in [4.69, 9.17) is 4.74 Å². The maximum Gasteiger partial charge on any atom is 0.410 e. The maximum absolute atomic E-state index is 12.0. The van der Waals surface area contributed by atoms with Gasteiger partial charge < -0.3 is 14.5 Å². The summed E-state index contributed by atoms with van der Waals surface area (Å²) in [4.78, 5) is 30.3. The number of carbonyl (C=O) groups excluding carboxylic acids is 1. The van der Waals surface area contributed by atoms with Crippen LogP contribution in [-0.4, -0.2) is 52.7 Å². The predicted molar refractivity (Wildman–Crippen MR) is 88.0 cm³/mol. The normalized spacial score (nSPS) is 19.3. The number of nitrogens with zero attached hydrogens (tertiary/aromatic N) is 4. The summed E-state index contributed by atoms with van der Waals surface area (Å²) in [5, 5.41) is 10.7. The van der Waals surface area contributed by atoms with Gasteiger partial charge in [-0.05, 0) is 33.3 Å². The molecule has 0 atom stereocenters. The first-order valence-electron chi connectivity index (χ1n) is 8.01. The van der Waals surface area contributed by atoms with Gasteiger partial charge in [-0.2, -0.15) is 0 Å². The fourth-order valence-corrected chi connectivity index (χ4v) is 3.28. The Labute approximate surface area is 140 Å². The molecule has 1 spiro atoms. The predicted octanol–water partition coefficient (Wildman–Crippen LogP) is 2.44. The van der Waals surface area contributed by atoms with Crippen LogP contribution in [0.5, 0.6) is 0 Å². The lowest BCUT2D eigenvalue weighted by Crippen LogP contribution is -2.60. The van der Waals surface area contributed by atoms with Crippen LogP contribution < -0.4 is 4.90 Å². The highest BCUT2D eigenvalue weighted by Gasteiger charge is 2.50. The molecule has 24 heavy (non-hydrogen) atoms. The molecule has 2 fully saturated rings. The zero-order valence-corrected chi connectivity index (χ0v) is 14.2. The van der Waals surface area contributed by atoms with Crippen molar-refractivity contribution in [3.63, 3.8) is 0 Å². The molecule has 2 aliphatic rings. The summed E-state index contributed by atoms with van der Waals surface area (Å²) in [6.45, 7) is 8.59. The van der Waals surface area contributed by atoms with Crippen molar-refractivity contribution in [2.45, 2.75) is 32.8 Å². The Morgan fingerprint density at radius 1 is 1.33 bits per heavy atom. The van der Waals surface area contributed by atoms with Gasteiger partial charge in [0.15, 0.2) is 0 Å². The van der Waals surface area contributed by atoms with Crippen molar-refractivity contribution < 1.29 is 14.5 Å². The zero-order chi connectivity index (χ0) is 17.5. The van der Waals surface area contributed by atoms with Gasteiger partial charge in [-0.15, -0.1) is 0 Å². The Kier molecular flexibility index (Phi) is 3.85. The molecular weight excluding hydrogens is 312 g/mol. The lowest BCUT2D eigenvalue weighted by molar-refractivity contribution is -0.385. The Balaban J connectivity index is 1.57. The van der Waals surface area contributed by atoms with Crippen LogP contribution in [0.3, 0.4) is 0 Å². The van der Waals surface area contributed by atoms with Crippen molar-refractivity contribution in [1.29, 1.82) is 0 Å². The average molecular weight is 334 g/mol. The highest BCUT2D eigenvalue weighted by molar-refractivity contribution is 5.69. The minimum absolute atomic E-state index is 0.00703. The highest BCUT2D eigenvalue weighted by atomic mass is 16.6. The van der Waals surface area contributed by atoms with Gasteiger partial charge in [0.05, 0.1) is 4.92 Å². The van der Waals surface area contributed by atoms with E-state index in [2.05, 4.69) is 9.88 Å². The van der Waals surface area contributed by atoms with Gasteiger partial charge in [0.25, 0.3) is 5.69 Å². The zero-order valence-electron chi connectivity index (χ0n) is 14.2. The fourth-order valence-electron chi connectivity index (χ4n) is 3.28. The number of likely N-dealkylation sites (tertiary alicyclic amines) is 1. The minimum Gasteiger partial charge on any atom is -0.444 e. The van der Waals surface area contributed by atoms with Gasteiger partial charge in [0.2, 0.25) is 0 Å². The van der Waals surface area contributed by atoms with Crippen LogP contribution in [0.25, 0.3) is 0 Å². The molecule has 0 N–H and O–H groups in total. The van der Waals surface area contributed by atoms with Crippen molar-refractivity contribution in [1.82, 2.24) is 9.88 Å². The van der Waals surface area contributed by atoms with Gasteiger partial charge in [-0.25, -0.2) is 9.78 Å². The SMILES string of the molecule is CC(C)(C)OC(=O)N1CC2(CCN(c3ccc([N+](=O)[O-])cn3)C2)C1. The van der Waals surface area contributed by atoms with Crippen LogP contribution >= 0.6 is 0 Å². The highest BCUT2D eigenvalue weighted by Crippen LogP contribution is 2.41. The summed E-state index contributed by atoms with van der Waals surface area (Å²) >= 11 is 0. The molecule has 8 nitrogen and oxygen atoms in total. The smallest absolute Gasteiger partial charge is 0.410 e. The summed E-state index contributed by atoms with van der Waals surface area (Å²) in [5.41, 5.74) is -0.405. The standard InChI is InChI=1S/C16H22N4O4/c1-15(2,3)24-14(21)19-10-16(11-19)6-7-18(9-16)13-5-4-12(8-17-13)20(22)23/h4-5,8H,6-7,9-11H2,1-3H3. The van der Waals surface area contributed by atoms with E-state index in [9.17, 15) is 14.9 Å². The Bertz CT molecular complexity index is 647. The summed E-state index contributed by atoms with van der Waals surface area (Å²) < 4.78 is 5.39. The number of hydrogen-bond donors (Lipinski definition) is 0. The minimum atomic E-state index is -0.482. The topological polar surface area (TPSA) is 88.8 Å². The maximum atomic E-state index is 12.0. The number of carbonyl (C=O) groups is 1. The van der Waals surface area contributed by atoms with E-state index in [0.29, 0.717) is 13.1 Å². The molecule has 8 heteroatoms. The van der Waals surface area contributed by atoms with Crippen molar-refractivity contribution in [3.8, 4) is 0 Å². The third kappa shape index (κ3) is 3.27. The van der Waals surface area contributed by atoms with Crippen molar-refractivity contribution in [2.75, 3.05) is 31.1 Å². The van der Waals surface area contributed by atoms with Crippen LogP contribution in [0, 0.1) is 15.5 Å². The lowest BCUT2D eigenvalue weighted by atomic mass is 9.79. The van der Waals surface area contributed by atoms with Gasteiger partial charge >= 0.3 is 6.09 Å². The second-order valence-corrected chi connectivity index (χ2v) is 7.64. The number of nitro groups is 1. The van der Waals surface area contributed by atoms with Crippen molar-refractivity contribution in [2.24, 2.45) is 5.41 Å². The van der Waals surface area contributed by atoms with Crippen molar-refractivity contribution in [3.05, 3.63) is 28.4 Å². The van der Waals surface area contributed by atoms with Gasteiger partial charge in [-0.1, -0.05) is 0 Å². The molecule has 3 heterocycles. The first-order valence-corrected chi connectivity index (χ1v) is 8.01. The van der Waals surface area contributed by atoms with E-state index >= 15 is 0 Å². The second kappa shape index (κ2) is 5.61. The van der Waals surface area contributed by atoms with Crippen LogP contribution in [0.2, 0.25) is 0 Å². The second-order valence-electron chi connectivity index (χ2n) is 7.64. The molecule has 0 aliphatic carbocycles. The lowest BCUT2D eigenvalue weighted by Gasteiger charge is -2.47. The number of aromatic nitrogens is 1. The van der Waals surface area contributed by atoms with Crippen LogP contribution in [0.1, 0.15) is 27.2 Å². The molecule has 0 unspecified atom stereocenters.